The summed E-state index contributed by atoms with van der Waals surface area (Å²) in [5, 5.41) is 3.21. The number of piperazine rings is 1. The van der Waals surface area contributed by atoms with Gasteiger partial charge in [0.25, 0.3) is 0 Å². The van der Waals surface area contributed by atoms with E-state index < -0.39 is 29.6 Å². The maximum absolute atomic E-state index is 14.9. The maximum atomic E-state index is 14.9. The van der Waals surface area contributed by atoms with E-state index in [4.69, 9.17) is 9.47 Å². The summed E-state index contributed by atoms with van der Waals surface area (Å²) in [4.78, 5) is 20.3. The lowest BCUT2D eigenvalue weighted by Crippen LogP contribution is -2.54. The lowest BCUT2D eigenvalue weighted by Gasteiger charge is -2.43. The average molecular weight is 480 g/mol. The zero-order valence-corrected chi connectivity index (χ0v) is 18.7. The van der Waals surface area contributed by atoms with Crippen LogP contribution in [0, 0.1) is 5.82 Å². The van der Waals surface area contributed by atoms with Crippen LogP contribution in [0.4, 0.5) is 28.9 Å². The molecule has 1 atom stereocenters. The van der Waals surface area contributed by atoms with Gasteiger partial charge in [0, 0.05) is 31.7 Å². The molecule has 2 aromatic rings. The van der Waals surface area contributed by atoms with Crippen molar-refractivity contribution < 1.29 is 31.8 Å². The largest absolute Gasteiger partial charge is 0.495 e. The highest BCUT2D eigenvalue weighted by Gasteiger charge is 2.40. The molecule has 0 spiro atoms. The molecule has 11 heteroatoms. The second kappa shape index (κ2) is 9.49. The highest BCUT2D eigenvalue weighted by Crippen LogP contribution is 2.46. The van der Waals surface area contributed by atoms with Gasteiger partial charge in [-0.05, 0) is 24.3 Å². The van der Waals surface area contributed by atoms with Gasteiger partial charge in [-0.1, -0.05) is 12.1 Å². The van der Waals surface area contributed by atoms with Crippen LogP contribution in [0.5, 0.6) is 5.75 Å². The van der Waals surface area contributed by atoms with Crippen molar-refractivity contribution in [1.82, 2.24) is 10.2 Å². The second-order valence-electron chi connectivity index (χ2n) is 7.88. The van der Waals surface area contributed by atoms with E-state index in [1.54, 1.807) is 6.07 Å². The molecule has 0 bridgehead atoms. The number of ether oxygens (including phenoxy) is 2. The Morgan fingerprint density at radius 3 is 2.56 bits per heavy atom. The molecule has 0 saturated carbocycles. The number of rotatable bonds is 4. The number of benzene rings is 2. The number of guanidine groups is 1. The summed E-state index contributed by atoms with van der Waals surface area (Å²) >= 11 is 0. The number of fused-ring (bicyclic) bond motifs is 1. The van der Waals surface area contributed by atoms with Crippen LogP contribution in [-0.2, 0) is 15.7 Å². The lowest BCUT2D eigenvalue weighted by atomic mass is 9.96. The molecule has 182 valence electrons. The van der Waals surface area contributed by atoms with Crippen LogP contribution in [0.25, 0.3) is 0 Å². The summed E-state index contributed by atoms with van der Waals surface area (Å²) in [7, 11) is 2.57. The first kappa shape index (κ1) is 23.8. The van der Waals surface area contributed by atoms with Gasteiger partial charge < -0.3 is 24.6 Å². The Morgan fingerprint density at radius 2 is 1.91 bits per heavy atom. The molecular weight excluding hydrogens is 456 g/mol. The van der Waals surface area contributed by atoms with E-state index in [0.717, 1.165) is 12.1 Å². The van der Waals surface area contributed by atoms with Crippen molar-refractivity contribution in [3.63, 3.8) is 0 Å². The first-order valence-electron chi connectivity index (χ1n) is 10.7. The Morgan fingerprint density at radius 1 is 1.18 bits per heavy atom. The molecule has 4 rings (SSSR count). The van der Waals surface area contributed by atoms with Crippen LogP contribution in [0.2, 0.25) is 0 Å². The number of hydrogen-bond acceptors (Lipinski definition) is 7. The van der Waals surface area contributed by atoms with Crippen molar-refractivity contribution in [3.8, 4) is 5.75 Å². The van der Waals surface area contributed by atoms with Gasteiger partial charge in [-0.2, -0.15) is 13.2 Å². The summed E-state index contributed by atoms with van der Waals surface area (Å²) in [5.41, 5.74) is -0.404. The summed E-state index contributed by atoms with van der Waals surface area (Å²) in [5.74, 6) is -0.787. The lowest BCUT2D eigenvalue weighted by molar-refractivity contribution is -0.141. The number of hydrogen-bond donors (Lipinski definition) is 1. The second-order valence-corrected chi connectivity index (χ2v) is 7.88. The minimum absolute atomic E-state index is 0.0483. The first-order valence-corrected chi connectivity index (χ1v) is 10.7. The summed E-state index contributed by atoms with van der Waals surface area (Å²) < 4.78 is 66.1. The number of aliphatic imine (C=N–C) groups is 1. The summed E-state index contributed by atoms with van der Waals surface area (Å²) in [6, 6.07) is 6.58. The van der Waals surface area contributed by atoms with Crippen molar-refractivity contribution in [2.75, 3.05) is 45.3 Å². The van der Waals surface area contributed by atoms with Gasteiger partial charge in [0.2, 0.25) is 5.96 Å². The zero-order chi connectivity index (χ0) is 24.5. The predicted molar refractivity (Wildman–Crippen MR) is 118 cm³/mol. The Bertz CT molecular complexity index is 1100. The first-order chi connectivity index (χ1) is 16.2. The zero-order valence-electron chi connectivity index (χ0n) is 18.7. The Kier molecular flexibility index (Phi) is 6.65. The molecule has 34 heavy (non-hydrogen) atoms. The smallest absolute Gasteiger partial charge is 0.416 e. The van der Waals surface area contributed by atoms with Crippen LogP contribution in [0.3, 0.4) is 0 Å². The van der Waals surface area contributed by atoms with Gasteiger partial charge in [0.1, 0.15) is 17.3 Å². The third kappa shape index (κ3) is 4.52. The van der Waals surface area contributed by atoms with Gasteiger partial charge in [-0.25, -0.2) is 9.38 Å². The molecule has 0 radical (unpaired) electrons. The number of nitrogens with zero attached hydrogens (tertiary/aromatic N) is 3. The number of carbonyl (C=O) groups is 1. The number of carbonyl (C=O) groups excluding carboxylic acids is 1. The molecule has 7 nitrogen and oxygen atoms in total. The van der Waals surface area contributed by atoms with E-state index in [0.29, 0.717) is 31.7 Å². The number of halogens is 4. The van der Waals surface area contributed by atoms with Crippen molar-refractivity contribution in [2.45, 2.75) is 18.6 Å². The fourth-order valence-corrected chi connectivity index (χ4v) is 4.21. The molecule has 0 aliphatic carbocycles. The Balaban J connectivity index is 1.97. The predicted octanol–water partition coefficient (Wildman–Crippen LogP) is 3.87. The average Bonchev–Trinajstić information content (AvgIpc) is 2.83. The fourth-order valence-electron chi connectivity index (χ4n) is 4.21. The van der Waals surface area contributed by atoms with Gasteiger partial charge in [0.05, 0.1) is 37.9 Å². The van der Waals surface area contributed by atoms with Crippen molar-refractivity contribution >= 4 is 23.3 Å². The molecule has 1 fully saturated rings. The normalized spacial score (nSPS) is 18.3. The number of nitrogens with one attached hydrogen (secondary N) is 1. The number of para-hydroxylation sites is 1. The molecule has 2 aliphatic rings. The Labute approximate surface area is 194 Å². The third-order valence-corrected chi connectivity index (χ3v) is 5.87. The van der Waals surface area contributed by atoms with Crippen molar-refractivity contribution in [2.24, 2.45) is 4.99 Å². The van der Waals surface area contributed by atoms with Crippen LogP contribution in [-0.4, -0.2) is 57.2 Å². The fraction of sp³-hybridized carbons (Fsp3) is 0.391. The number of methoxy groups -OCH3 is 2. The topological polar surface area (TPSA) is 66.4 Å². The van der Waals surface area contributed by atoms with E-state index in [1.807, 2.05) is 4.90 Å². The molecule has 2 heterocycles. The number of alkyl halides is 3. The van der Waals surface area contributed by atoms with Gasteiger partial charge >= 0.3 is 12.1 Å². The summed E-state index contributed by atoms with van der Waals surface area (Å²) in [6.45, 7) is 2.20. The molecule has 2 aromatic carbocycles. The highest BCUT2D eigenvalue weighted by atomic mass is 19.4. The third-order valence-electron chi connectivity index (χ3n) is 5.87. The van der Waals surface area contributed by atoms with E-state index >= 15 is 0 Å². The molecular formula is C23H24F4N4O3. The number of anilines is 1. The van der Waals surface area contributed by atoms with Crippen LogP contribution >= 0.6 is 0 Å². The van der Waals surface area contributed by atoms with Gasteiger partial charge in [-0.3, -0.25) is 4.79 Å². The van der Waals surface area contributed by atoms with Crippen LogP contribution in [0.15, 0.2) is 41.4 Å². The van der Waals surface area contributed by atoms with E-state index in [9.17, 15) is 22.4 Å². The van der Waals surface area contributed by atoms with Crippen LogP contribution in [0.1, 0.15) is 23.6 Å². The molecule has 1 saturated heterocycles. The minimum Gasteiger partial charge on any atom is -0.495 e. The van der Waals surface area contributed by atoms with Crippen LogP contribution < -0.4 is 15.0 Å². The van der Waals surface area contributed by atoms with Crippen molar-refractivity contribution in [3.05, 3.63) is 53.3 Å². The molecule has 1 unspecified atom stereocenters. The molecule has 0 aromatic heterocycles. The monoisotopic (exact) mass is 480 g/mol. The Hall–Kier alpha value is -3.34. The standard InChI is InChI=1S/C23H24F4N4O3/c1-33-19-7-6-14(23(25,26)27)12-18(19)31-17(13-20(32)34-2)15-4-3-5-16(24)21(15)29-22(31)30-10-8-28-9-11-30/h3-7,12,17,28H,8-11,13H2,1-2H3. The van der Waals surface area contributed by atoms with E-state index in [-0.39, 0.29) is 29.5 Å². The molecule has 2 aliphatic heterocycles. The minimum atomic E-state index is -4.61. The summed E-state index contributed by atoms with van der Waals surface area (Å²) in [6.07, 6.45) is -4.84. The maximum Gasteiger partial charge on any atom is 0.416 e. The van der Waals surface area contributed by atoms with E-state index in [2.05, 4.69) is 10.3 Å². The van der Waals surface area contributed by atoms with Crippen molar-refractivity contribution in [1.29, 1.82) is 0 Å². The quantitative estimate of drug-likeness (QED) is 0.530. The van der Waals surface area contributed by atoms with Gasteiger partial charge in [-0.15, -0.1) is 0 Å². The molecule has 1 N–H and O–H groups in total. The number of esters is 1. The molecule has 0 amide bonds. The van der Waals surface area contributed by atoms with Gasteiger partial charge in [0.15, 0.2) is 0 Å². The van der Waals surface area contributed by atoms with E-state index in [1.165, 1.54) is 37.3 Å². The SMILES string of the molecule is COC(=O)CC1c2cccc(F)c2N=C(N2CCNCC2)N1c1cc(C(F)(F)F)ccc1OC. The highest BCUT2D eigenvalue weighted by molar-refractivity contribution is 6.02.